The predicted octanol–water partition coefficient (Wildman–Crippen LogP) is 1.68. The summed E-state index contributed by atoms with van der Waals surface area (Å²) in [7, 11) is 0. The topological polar surface area (TPSA) is 80.5 Å². The van der Waals surface area contributed by atoms with Crippen LogP contribution in [0.25, 0.3) is 16.9 Å². The largest absolute Gasteiger partial charge is 0.365 e. The predicted molar refractivity (Wildman–Crippen MR) is 88.7 cm³/mol. The summed E-state index contributed by atoms with van der Waals surface area (Å²) in [6, 6.07) is 2.37. The van der Waals surface area contributed by atoms with E-state index in [4.69, 9.17) is 0 Å². The standard InChI is InChI=1S/C16H19N7/c1-11-5-13-14(7-19-11)23(10-20-13)16-9-18-8-15(22-16)21-12-3-2-4-17-6-12/h5,7-10,12,17H,2-4,6H2,1H3,(H,21,22). The lowest BCUT2D eigenvalue weighted by molar-refractivity contribution is 0.479. The molecule has 3 aromatic rings. The fourth-order valence-corrected chi connectivity index (χ4v) is 2.92. The first kappa shape index (κ1) is 14.1. The number of nitrogens with one attached hydrogen (secondary N) is 2. The minimum Gasteiger partial charge on any atom is -0.365 e. The molecule has 7 nitrogen and oxygen atoms in total. The molecule has 1 saturated heterocycles. The zero-order valence-electron chi connectivity index (χ0n) is 13.0. The highest BCUT2D eigenvalue weighted by atomic mass is 15.2. The summed E-state index contributed by atoms with van der Waals surface area (Å²) in [6.07, 6.45) is 9.43. The Morgan fingerprint density at radius 1 is 1.26 bits per heavy atom. The first-order valence-electron chi connectivity index (χ1n) is 7.89. The van der Waals surface area contributed by atoms with E-state index in [9.17, 15) is 0 Å². The van der Waals surface area contributed by atoms with Crippen LogP contribution in [0.4, 0.5) is 5.82 Å². The van der Waals surface area contributed by atoms with E-state index in [1.165, 1.54) is 6.42 Å². The maximum absolute atomic E-state index is 4.68. The van der Waals surface area contributed by atoms with Crippen LogP contribution in [-0.4, -0.2) is 43.6 Å². The molecule has 23 heavy (non-hydrogen) atoms. The Balaban J connectivity index is 1.64. The van der Waals surface area contributed by atoms with E-state index in [0.29, 0.717) is 6.04 Å². The number of nitrogens with zero attached hydrogens (tertiary/aromatic N) is 5. The van der Waals surface area contributed by atoms with Gasteiger partial charge in [-0.25, -0.2) is 9.97 Å². The third kappa shape index (κ3) is 2.87. The van der Waals surface area contributed by atoms with Crippen molar-refractivity contribution in [1.29, 1.82) is 0 Å². The first-order chi connectivity index (χ1) is 11.3. The molecule has 118 valence electrons. The number of rotatable bonds is 3. The van der Waals surface area contributed by atoms with Crippen LogP contribution < -0.4 is 10.6 Å². The summed E-state index contributed by atoms with van der Waals surface area (Å²) in [5, 5.41) is 6.85. The van der Waals surface area contributed by atoms with Crippen molar-refractivity contribution < 1.29 is 0 Å². The molecule has 0 spiro atoms. The van der Waals surface area contributed by atoms with E-state index in [0.717, 1.165) is 47.9 Å². The van der Waals surface area contributed by atoms with Gasteiger partial charge in [0.25, 0.3) is 0 Å². The molecule has 1 unspecified atom stereocenters. The van der Waals surface area contributed by atoms with Gasteiger partial charge in [0, 0.05) is 18.3 Å². The average molecular weight is 309 g/mol. The van der Waals surface area contributed by atoms with Crippen LogP contribution in [0.3, 0.4) is 0 Å². The second-order valence-electron chi connectivity index (χ2n) is 5.88. The van der Waals surface area contributed by atoms with Crippen LogP contribution in [0.1, 0.15) is 18.5 Å². The Morgan fingerprint density at radius 2 is 2.22 bits per heavy atom. The second kappa shape index (κ2) is 5.92. The lowest BCUT2D eigenvalue weighted by atomic mass is 10.1. The summed E-state index contributed by atoms with van der Waals surface area (Å²) in [5.74, 6) is 1.53. The third-order valence-corrected chi connectivity index (χ3v) is 4.09. The summed E-state index contributed by atoms with van der Waals surface area (Å²) >= 11 is 0. The van der Waals surface area contributed by atoms with Gasteiger partial charge in [0.2, 0.25) is 0 Å². The van der Waals surface area contributed by atoms with E-state index in [-0.39, 0.29) is 0 Å². The van der Waals surface area contributed by atoms with Crippen LogP contribution in [0, 0.1) is 6.92 Å². The minimum absolute atomic E-state index is 0.400. The first-order valence-corrected chi connectivity index (χ1v) is 7.89. The van der Waals surface area contributed by atoms with Crippen molar-refractivity contribution in [2.24, 2.45) is 0 Å². The molecular weight excluding hydrogens is 290 g/mol. The summed E-state index contributed by atoms with van der Waals surface area (Å²) in [6.45, 7) is 4.02. The average Bonchev–Trinajstić information content (AvgIpc) is 2.99. The second-order valence-corrected chi connectivity index (χ2v) is 5.88. The highest BCUT2D eigenvalue weighted by molar-refractivity contribution is 5.76. The van der Waals surface area contributed by atoms with E-state index >= 15 is 0 Å². The van der Waals surface area contributed by atoms with E-state index in [1.807, 2.05) is 23.8 Å². The van der Waals surface area contributed by atoms with Crippen LogP contribution in [0.5, 0.6) is 0 Å². The highest BCUT2D eigenvalue weighted by Crippen LogP contribution is 2.18. The fourth-order valence-electron chi connectivity index (χ4n) is 2.92. The van der Waals surface area contributed by atoms with Crippen molar-refractivity contribution in [1.82, 2.24) is 29.8 Å². The van der Waals surface area contributed by atoms with Gasteiger partial charge in [-0.3, -0.25) is 14.5 Å². The van der Waals surface area contributed by atoms with Crippen molar-refractivity contribution in [3.63, 3.8) is 0 Å². The number of hydrogen-bond donors (Lipinski definition) is 2. The van der Waals surface area contributed by atoms with E-state index < -0.39 is 0 Å². The van der Waals surface area contributed by atoms with Crippen molar-refractivity contribution >= 4 is 16.9 Å². The molecule has 4 heterocycles. The van der Waals surface area contributed by atoms with Gasteiger partial charge < -0.3 is 10.6 Å². The molecular formula is C16H19N7. The Bertz CT molecular complexity index is 820. The lowest BCUT2D eigenvalue weighted by Gasteiger charge is -2.24. The van der Waals surface area contributed by atoms with Crippen molar-refractivity contribution in [3.8, 4) is 5.82 Å². The normalized spacial score (nSPS) is 18.2. The van der Waals surface area contributed by atoms with Gasteiger partial charge in [-0.2, -0.15) is 0 Å². The van der Waals surface area contributed by atoms with Gasteiger partial charge >= 0.3 is 0 Å². The molecule has 1 aliphatic rings. The zero-order valence-corrected chi connectivity index (χ0v) is 13.0. The smallest absolute Gasteiger partial charge is 0.159 e. The van der Waals surface area contributed by atoms with Crippen LogP contribution in [0.2, 0.25) is 0 Å². The van der Waals surface area contributed by atoms with Gasteiger partial charge in [-0.15, -0.1) is 0 Å². The van der Waals surface area contributed by atoms with Gasteiger partial charge in [0.15, 0.2) is 5.82 Å². The molecule has 7 heteroatoms. The molecule has 1 aliphatic heterocycles. The van der Waals surface area contributed by atoms with Crippen molar-refractivity contribution in [2.45, 2.75) is 25.8 Å². The number of anilines is 1. The number of aromatic nitrogens is 5. The number of fused-ring (bicyclic) bond motifs is 1. The highest BCUT2D eigenvalue weighted by Gasteiger charge is 2.14. The number of piperidine rings is 1. The number of imidazole rings is 1. The van der Waals surface area contributed by atoms with Gasteiger partial charge in [-0.1, -0.05) is 0 Å². The Kier molecular flexibility index (Phi) is 3.63. The van der Waals surface area contributed by atoms with Gasteiger partial charge in [0.1, 0.15) is 12.1 Å². The molecule has 2 N–H and O–H groups in total. The van der Waals surface area contributed by atoms with E-state index in [2.05, 4.69) is 30.6 Å². The Hall–Kier alpha value is -2.54. The molecule has 1 atom stereocenters. The molecule has 0 radical (unpaired) electrons. The summed E-state index contributed by atoms with van der Waals surface area (Å²) in [4.78, 5) is 17.8. The van der Waals surface area contributed by atoms with Crippen LogP contribution in [-0.2, 0) is 0 Å². The maximum atomic E-state index is 4.68. The number of hydrogen-bond acceptors (Lipinski definition) is 6. The SMILES string of the molecule is Cc1cc2ncn(-c3cncc(NC4CCCNC4)n3)c2cn1. The van der Waals surface area contributed by atoms with Crippen LogP contribution in [0.15, 0.2) is 31.0 Å². The number of pyridine rings is 1. The minimum atomic E-state index is 0.400. The molecule has 0 saturated carbocycles. The van der Waals surface area contributed by atoms with Gasteiger partial charge in [-0.05, 0) is 32.4 Å². The van der Waals surface area contributed by atoms with Gasteiger partial charge in [0.05, 0.1) is 29.6 Å². The number of aryl methyl sites for hydroxylation is 1. The third-order valence-electron chi connectivity index (χ3n) is 4.09. The maximum Gasteiger partial charge on any atom is 0.159 e. The van der Waals surface area contributed by atoms with Crippen molar-refractivity contribution in [3.05, 3.63) is 36.7 Å². The van der Waals surface area contributed by atoms with E-state index in [1.54, 1.807) is 18.7 Å². The molecule has 1 fully saturated rings. The molecule has 3 aromatic heterocycles. The Labute approximate surface area is 134 Å². The Morgan fingerprint density at radius 3 is 3.09 bits per heavy atom. The fraction of sp³-hybridized carbons (Fsp3) is 0.375. The molecule has 4 rings (SSSR count). The zero-order chi connectivity index (χ0) is 15.6. The molecule has 0 aliphatic carbocycles. The van der Waals surface area contributed by atoms with Crippen LogP contribution >= 0.6 is 0 Å². The van der Waals surface area contributed by atoms with Crippen molar-refractivity contribution in [2.75, 3.05) is 18.4 Å². The monoisotopic (exact) mass is 309 g/mol. The summed E-state index contributed by atoms with van der Waals surface area (Å²) in [5.41, 5.74) is 2.80. The molecule has 0 bridgehead atoms. The molecule has 0 aromatic carbocycles. The lowest BCUT2D eigenvalue weighted by Crippen LogP contribution is -2.38. The quantitative estimate of drug-likeness (QED) is 0.766. The molecule has 0 amide bonds. The summed E-state index contributed by atoms with van der Waals surface area (Å²) < 4.78 is 1.92.